The van der Waals surface area contributed by atoms with E-state index in [9.17, 15) is 4.79 Å². The molecule has 1 aliphatic rings. The van der Waals surface area contributed by atoms with Crippen LogP contribution in [0.25, 0.3) is 11.1 Å². The number of hydrogen-bond donors (Lipinski definition) is 1. The predicted octanol–water partition coefficient (Wildman–Crippen LogP) is 4.00. The second kappa shape index (κ2) is 14.6. The Balaban J connectivity index is 1.21. The van der Waals surface area contributed by atoms with Crippen LogP contribution >= 0.6 is 0 Å². The Morgan fingerprint density at radius 3 is 1.76 bits per heavy atom. The molecule has 0 saturated carbocycles. The number of hydrogen-bond acceptors (Lipinski definition) is 6. The fourth-order valence-corrected chi connectivity index (χ4v) is 3.78. The minimum atomic E-state index is -0.434. The second-order valence-corrected chi connectivity index (χ2v) is 7.70. The molecule has 7 nitrogen and oxygen atoms in total. The number of benzene rings is 2. The van der Waals surface area contributed by atoms with Crippen molar-refractivity contribution in [3.05, 3.63) is 59.7 Å². The van der Waals surface area contributed by atoms with Gasteiger partial charge in [0.05, 0.1) is 46.2 Å². The summed E-state index contributed by atoms with van der Waals surface area (Å²) in [6.45, 7) is 7.16. The van der Waals surface area contributed by atoms with Gasteiger partial charge >= 0.3 is 6.09 Å². The zero-order valence-electron chi connectivity index (χ0n) is 19.4. The summed E-state index contributed by atoms with van der Waals surface area (Å²) in [6.07, 6.45) is 0.585. The van der Waals surface area contributed by atoms with Crippen molar-refractivity contribution in [2.75, 3.05) is 66.0 Å². The van der Waals surface area contributed by atoms with E-state index >= 15 is 0 Å². The normalized spacial score (nSPS) is 12.4. The molecule has 180 valence electrons. The molecular formula is C26H35NO6. The molecule has 0 saturated heterocycles. The molecule has 0 radical (unpaired) electrons. The summed E-state index contributed by atoms with van der Waals surface area (Å²) in [5.41, 5.74) is 4.82. The third-order valence-electron chi connectivity index (χ3n) is 5.32. The maximum absolute atomic E-state index is 12.1. The average Bonchev–Trinajstić information content (AvgIpc) is 3.16. The molecule has 1 aliphatic carbocycles. The van der Waals surface area contributed by atoms with Gasteiger partial charge in [-0.3, -0.25) is 0 Å². The van der Waals surface area contributed by atoms with Gasteiger partial charge in [-0.1, -0.05) is 55.5 Å². The van der Waals surface area contributed by atoms with Crippen LogP contribution in [0.3, 0.4) is 0 Å². The van der Waals surface area contributed by atoms with Crippen LogP contribution in [0.5, 0.6) is 0 Å². The molecule has 0 unspecified atom stereocenters. The van der Waals surface area contributed by atoms with Crippen LogP contribution in [0.15, 0.2) is 48.5 Å². The third kappa shape index (κ3) is 8.12. The lowest BCUT2D eigenvalue weighted by atomic mass is 9.98. The Bertz CT molecular complexity index is 798. The van der Waals surface area contributed by atoms with E-state index in [1.165, 1.54) is 22.3 Å². The van der Waals surface area contributed by atoms with Gasteiger partial charge in [0.15, 0.2) is 0 Å². The van der Waals surface area contributed by atoms with Gasteiger partial charge in [0.25, 0.3) is 0 Å². The molecule has 33 heavy (non-hydrogen) atoms. The number of ether oxygens (including phenoxy) is 5. The fraction of sp³-hybridized carbons (Fsp3) is 0.500. The number of carbonyl (C=O) groups is 1. The van der Waals surface area contributed by atoms with Crippen molar-refractivity contribution in [3.63, 3.8) is 0 Å². The van der Waals surface area contributed by atoms with Gasteiger partial charge in [0.1, 0.15) is 6.61 Å². The molecular weight excluding hydrogens is 422 g/mol. The van der Waals surface area contributed by atoms with Crippen LogP contribution in [-0.4, -0.2) is 72.1 Å². The fourth-order valence-electron chi connectivity index (χ4n) is 3.78. The summed E-state index contributed by atoms with van der Waals surface area (Å²) in [5, 5.41) is 2.74. The molecule has 0 fully saturated rings. The molecule has 0 spiro atoms. The molecule has 3 rings (SSSR count). The number of nitrogens with one attached hydrogen (secondary N) is 1. The van der Waals surface area contributed by atoms with E-state index in [-0.39, 0.29) is 5.92 Å². The largest absolute Gasteiger partial charge is 0.449 e. The van der Waals surface area contributed by atoms with Crippen LogP contribution in [0.2, 0.25) is 0 Å². The number of fused-ring (bicyclic) bond motifs is 3. The minimum Gasteiger partial charge on any atom is -0.449 e. The van der Waals surface area contributed by atoms with Gasteiger partial charge in [0, 0.05) is 19.1 Å². The zero-order valence-corrected chi connectivity index (χ0v) is 19.4. The SMILES string of the molecule is CCCOCCOCCOCCOCCNC(=O)OCC1c2ccccc2-c2ccccc21. The molecule has 0 aliphatic heterocycles. The quantitative estimate of drug-likeness (QED) is 0.384. The summed E-state index contributed by atoms with van der Waals surface area (Å²) in [4.78, 5) is 12.1. The first kappa shape index (κ1) is 25.2. The van der Waals surface area contributed by atoms with Crippen molar-refractivity contribution in [1.82, 2.24) is 5.32 Å². The van der Waals surface area contributed by atoms with E-state index in [4.69, 9.17) is 23.7 Å². The van der Waals surface area contributed by atoms with Crippen LogP contribution in [0, 0.1) is 0 Å². The number of alkyl carbamates (subject to hydrolysis) is 1. The first-order chi connectivity index (χ1) is 16.3. The van der Waals surface area contributed by atoms with E-state index in [1.54, 1.807) is 0 Å². The Morgan fingerprint density at radius 2 is 1.21 bits per heavy atom. The highest BCUT2D eigenvalue weighted by Crippen LogP contribution is 2.44. The van der Waals surface area contributed by atoms with Crippen molar-refractivity contribution < 1.29 is 28.5 Å². The lowest BCUT2D eigenvalue weighted by Gasteiger charge is -2.14. The van der Waals surface area contributed by atoms with Crippen molar-refractivity contribution in [2.45, 2.75) is 19.3 Å². The molecule has 0 heterocycles. The van der Waals surface area contributed by atoms with Gasteiger partial charge in [0.2, 0.25) is 0 Å². The van der Waals surface area contributed by atoms with Gasteiger partial charge in [-0.25, -0.2) is 4.79 Å². The summed E-state index contributed by atoms with van der Waals surface area (Å²) >= 11 is 0. The minimum absolute atomic E-state index is 0.0596. The van der Waals surface area contributed by atoms with Crippen molar-refractivity contribution >= 4 is 6.09 Å². The number of amides is 1. The maximum atomic E-state index is 12.1. The van der Waals surface area contributed by atoms with Gasteiger partial charge in [-0.15, -0.1) is 0 Å². The summed E-state index contributed by atoms with van der Waals surface area (Å²) < 4.78 is 27.1. The lowest BCUT2D eigenvalue weighted by Crippen LogP contribution is -2.29. The van der Waals surface area contributed by atoms with E-state index in [2.05, 4.69) is 36.5 Å². The molecule has 0 bridgehead atoms. The Hall–Kier alpha value is -2.45. The topological polar surface area (TPSA) is 75.3 Å². The smallest absolute Gasteiger partial charge is 0.407 e. The number of carbonyl (C=O) groups excluding carboxylic acids is 1. The van der Waals surface area contributed by atoms with E-state index in [0.29, 0.717) is 59.4 Å². The van der Waals surface area contributed by atoms with Crippen LogP contribution in [0.4, 0.5) is 4.79 Å². The Labute approximate surface area is 196 Å². The van der Waals surface area contributed by atoms with E-state index < -0.39 is 6.09 Å². The summed E-state index contributed by atoms with van der Waals surface area (Å²) in [7, 11) is 0. The monoisotopic (exact) mass is 457 g/mol. The van der Waals surface area contributed by atoms with Gasteiger partial charge in [-0.2, -0.15) is 0 Å². The zero-order chi connectivity index (χ0) is 23.1. The van der Waals surface area contributed by atoms with E-state index in [0.717, 1.165) is 13.0 Å². The average molecular weight is 458 g/mol. The van der Waals surface area contributed by atoms with E-state index in [1.807, 2.05) is 24.3 Å². The summed E-state index contributed by atoms with van der Waals surface area (Å²) in [6, 6.07) is 16.6. The molecule has 0 atom stereocenters. The molecule has 0 aromatic heterocycles. The van der Waals surface area contributed by atoms with Crippen LogP contribution in [0.1, 0.15) is 30.4 Å². The highest BCUT2D eigenvalue weighted by Gasteiger charge is 2.28. The highest BCUT2D eigenvalue weighted by molar-refractivity contribution is 5.79. The predicted molar refractivity (Wildman–Crippen MR) is 127 cm³/mol. The molecule has 7 heteroatoms. The van der Waals surface area contributed by atoms with Gasteiger partial charge < -0.3 is 29.0 Å². The second-order valence-electron chi connectivity index (χ2n) is 7.70. The van der Waals surface area contributed by atoms with Crippen molar-refractivity contribution in [1.29, 1.82) is 0 Å². The Kier molecular flexibility index (Phi) is 11.2. The molecule has 2 aromatic carbocycles. The highest BCUT2D eigenvalue weighted by atomic mass is 16.6. The number of rotatable bonds is 16. The first-order valence-corrected chi connectivity index (χ1v) is 11.7. The van der Waals surface area contributed by atoms with Gasteiger partial charge in [-0.05, 0) is 28.7 Å². The summed E-state index contributed by atoms with van der Waals surface area (Å²) in [5.74, 6) is 0.0596. The van der Waals surface area contributed by atoms with Crippen molar-refractivity contribution in [2.24, 2.45) is 0 Å². The molecule has 1 N–H and O–H groups in total. The van der Waals surface area contributed by atoms with Crippen LogP contribution < -0.4 is 5.32 Å². The first-order valence-electron chi connectivity index (χ1n) is 11.7. The van der Waals surface area contributed by atoms with Crippen molar-refractivity contribution in [3.8, 4) is 11.1 Å². The lowest BCUT2D eigenvalue weighted by molar-refractivity contribution is -0.00137. The van der Waals surface area contributed by atoms with Crippen LogP contribution in [-0.2, 0) is 23.7 Å². The molecule has 2 aromatic rings. The third-order valence-corrected chi connectivity index (χ3v) is 5.32. The standard InChI is InChI=1S/C26H35NO6/c1-2-12-29-14-16-31-18-19-32-17-15-30-13-11-27-26(28)33-20-25-23-9-5-3-7-21(23)22-8-4-6-10-24(22)25/h3-10,25H,2,11-20H2,1H3,(H,27,28). The Morgan fingerprint density at radius 1 is 0.727 bits per heavy atom. The maximum Gasteiger partial charge on any atom is 0.407 e. The molecule has 1 amide bonds.